The molecule has 1 rings (SSSR count). The van der Waals surface area contributed by atoms with Crippen LogP contribution in [-0.4, -0.2) is 23.5 Å². The minimum absolute atomic E-state index is 0.0442. The summed E-state index contributed by atoms with van der Waals surface area (Å²) in [5.41, 5.74) is 7.12. The summed E-state index contributed by atoms with van der Waals surface area (Å²) in [4.78, 5) is 22.2. The van der Waals surface area contributed by atoms with Crippen LogP contribution in [0.1, 0.15) is 25.3 Å². The van der Waals surface area contributed by atoms with Gasteiger partial charge in [0.2, 0.25) is 5.91 Å². The fourth-order valence-corrected chi connectivity index (χ4v) is 1.75. The lowest BCUT2D eigenvalue weighted by Crippen LogP contribution is -2.28. The van der Waals surface area contributed by atoms with Gasteiger partial charge in [0, 0.05) is 24.7 Å². The van der Waals surface area contributed by atoms with E-state index in [0.717, 1.165) is 5.56 Å². The quantitative estimate of drug-likeness (QED) is 0.524. The number of carboxylic acid groups (broad SMARTS) is 1. The van der Waals surface area contributed by atoms with Gasteiger partial charge >= 0.3 is 5.97 Å². The topological polar surface area (TPSA) is 92.4 Å². The average molecular weight is 276 g/mol. The molecule has 1 aromatic carbocycles. The van der Waals surface area contributed by atoms with E-state index in [1.807, 2.05) is 19.1 Å². The number of carbonyl (C=O) groups is 2. The number of rotatable bonds is 7. The van der Waals surface area contributed by atoms with Crippen LogP contribution < -0.4 is 11.1 Å². The Morgan fingerprint density at radius 1 is 1.45 bits per heavy atom. The van der Waals surface area contributed by atoms with E-state index in [0.29, 0.717) is 18.7 Å². The molecule has 1 atom stereocenters. The highest BCUT2D eigenvalue weighted by Gasteiger charge is 2.11. The van der Waals surface area contributed by atoms with Gasteiger partial charge in [-0.25, -0.2) is 0 Å². The van der Waals surface area contributed by atoms with Gasteiger partial charge in [0.05, 0.1) is 0 Å². The highest BCUT2D eigenvalue weighted by Crippen LogP contribution is 2.08. The van der Waals surface area contributed by atoms with Crippen LogP contribution in [0.25, 0.3) is 6.08 Å². The fourth-order valence-electron chi connectivity index (χ4n) is 1.75. The van der Waals surface area contributed by atoms with Crippen molar-refractivity contribution in [2.24, 2.45) is 5.92 Å². The predicted octanol–water partition coefficient (Wildman–Crippen LogP) is 1.90. The summed E-state index contributed by atoms with van der Waals surface area (Å²) < 4.78 is 0. The predicted molar refractivity (Wildman–Crippen MR) is 78.9 cm³/mol. The number of hydrogen-bond donors (Lipinski definition) is 3. The smallest absolute Gasteiger partial charge is 0.303 e. The largest absolute Gasteiger partial charge is 0.481 e. The van der Waals surface area contributed by atoms with Crippen LogP contribution in [0.3, 0.4) is 0 Å². The van der Waals surface area contributed by atoms with Gasteiger partial charge < -0.3 is 16.2 Å². The van der Waals surface area contributed by atoms with Gasteiger partial charge in [0.25, 0.3) is 0 Å². The number of nitrogen functional groups attached to an aromatic ring is 1. The number of carbonyl (C=O) groups excluding carboxylic acids is 1. The molecule has 1 aromatic rings. The Labute approximate surface area is 118 Å². The number of amides is 1. The monoisotopic (exact) mass is 276 g/mol. The summed E-state index contributed by atoms with van der Waals surface area (Å²) >= 11 is 0. The maximum Gasteiger partial charge on any atom is 0.303 e. The van der Waals surface area contributed by atoms with Crippen LogP contribution in [0.5, 0.6) is 0 Å². The molecule has 0 radical (unpaired) electrons. The average Bonchev–Trinajstić information content (AvgIpc) is 2.40. The zero-order valence-electron chi connectivity index (χ0n) is 11.5. The first-order chi connectivity index (χ1) is 9.51. The van der Waals surface area contributed by atoms with E-state index in [1.54, 1.807) is 18.2 Å². The summed E-state index contributed by atoms with van der Waals surface area (Å²) in [6.07, 6.45) is 3.87. The zero-order chi connectivity index (χ0) is 15.0. The van der Waals surface area contributed by atoms with Gasteiger partial charge in [-0.15, -0.1) is 0 Å². The van der Waals surface area contributed by atoms with Crippen molar-refractivity contribution in [3.05, 3.63) is 35.9 Å². The van der Waals surface area contributed by atoms with Crippen LogP contribution in [0, 0.1) is 5.92 Å². The molecule has 0 heterocycles. The molecule has 0 fully saturated rings. The number of anilines is 1. The van der Waals surface area contributed by atoms with Crippen molar-refractivity contribution in [1.82, 2.24) is 5.32 Å². The zero-order valence-corrected chi connectivity index (χ0v) is 11.5. The molecule has 4 N–H and O–H groups in total. The van der Waals surface area contributed by atoms with Crippen LogP contribution in [-0.2, 0) is 9.59 Å². The summed E-state index contributed by atoms with van der Waals surface area (Å²) in [6, 6.07) is 7.20. The van der Waals surface area contributed by atoms with Crippen LogP contribution in [0.4, 0.5) is 5.69 Å². The normalized spacial score (nSPS) is 12.2. The summed E-state index contributed by atoms with van der Waals surface area (Å²) in [6.45, 7) is 2.27. The summed E-state index contributed by atoms with van der Waals surface area (Å²) in [5, 5.41) is 11.4. The molecule has 0 spiro atoms. The van der Waals surface area contributed by atoms with Gasteiger partial charge in [-0.05, 0) is 29.7 Å². The Morgan fingerprint density at radius 3 is 2.80 bits per heavy atom. The van der Waals surface area contributed by atoms with E-state index in [2.05, 4.69) is 5.32 Å². The second kappa shape index (κ2) is 7.99. The number of nitrogens with two attached hydrogens (primary N) is 1. The first-order valence-corrected chi connectivity index (χ1v) is 6.54. The van der Waals surface area contributed by atoms with Crippen molar-refractivity contribution >= 4 is 23.6 Å². The van der Waals surface area contributed by atoms with E-state index in [9.17, 15) is 9.59 Å². The molecule has 5 heteroatoms. The molecule has 1 unspecified atom stereocenters. The number of hydrogen-bond acceptors (Lipinski definition) is 3. The van der Waals surface area contributed by atoms with Gasteiger partial charge in [-0.2, -0.15) is 0 Å². The molecule has 0 saturated carbocycles. The molecule has 0 aliphatic rings. The summed E-state index contributed by atoms with van der Waals surface area (Å²) in [5.74, 6) is -1.13. The minimum atomic E-state index is -0.846. The highest BCUT2D eigenvalue weighted by atomic mass is 16.4. The Kier molecular flexibility index (Phi) is 6.29. The minimum Gasteiger partial charge on any atom is -0.481 e. The molecular formula is C15H20N2O3. The number of nitrogens with one attached hydrogen (secondary N) is 1. The maximum absolute atomic E-state index is 11.6. The molecule has 0 saturated heterocycles. The number of aliphatic carboxylic acids is 1. The fraction of sp³-hybridized carbons (Fsp3) is 0.333. The number of benzene rings is 1. The third kappa shape index (κ3) is 6.04. The Hall–Kier alpha value is -2.30. The van der Waals surface area contributed by atoms with E-state index in [1.165, 1.54) is 6.08 Å². The number of carboxylic acids is 1. The van der Waals surface area contributed by atoms with Gasteiger partial charge in [-0.1, -0.05) is 25.5 Å². The lowest BCUT2D eigenvalue weighted by atomic mass is 10.0. The molecule has 20 heavy (non-hydrogen) atoms. The van der Waals surface area contributed by atoms with Crippen molar-refractivity contribution in [1.29, 1.82) is 0 Å². The van der Waals surface area contributed by atoms with E-state index < -0.39 is 5.97 Å². The highest BCUT2D eigenvalue weighted by molar-refractivity contribution is 5.91. The first-order valence-electron chi connectivity index (χ1n) is 6.54. The van der Waals surface area contributed by atoms with Crippen molar-refractivity contribution in [3.63, 3.8) is 0 Å². The molecule has 1 amide bonds. The van der Waals surface area contributed by atoms with Crippen molar-refractivity contribution < 1.29 is 14.7 Å². The van der Waals surface area contributed by atoms with Crippen LogP contribution in [0.2, 0.25) is 0 Å². The Bertz CT molecular complexity index is 498. The Balaban J connectivity index is 2.45. The van der Waals surface area contributed by atoms with E-state index in [-0.39, 0.29) is 18.2 Å². The SMILES string of the molecule is CCC(CNC(=O)/C=C/c1cccc(N)c1)CC(=O)O. The molecule has 108 valence electrons. The molecule has 0 aliphatic carbocycles. The van der Waals surface area contributed by atoms with Crippen LogP contribution >= 0.6 is 0 Å². The van der Waals surface area contributed by atoms with E-state index in [4.69, 9.17) is 10.8 Å². The third-order valence-corrected chi connectivity index (χ3v) is 2.94. The Morgan fingerprint density at radius 2 is 2.20 bits per heavy atom. The van der Waals surface area contributed by atoms with Gasteiger partial charge in [0.15, 0.2) is 0 Å². The standard InChI is InChI=1S/C15H20N2O3/c1-2-11(9-15(19)20)10-17-14(18)7-6-12-4-3-5-13(16)8-12/h3-8,11H,2,9-10,16H2,1H3,(H,17,18)(H,19,20)/b7-6+. The lowest BCUT2D eigenvalue weighted by Gasteiger charge is -2.12. The van der Waals surface area contributed by atoms with Crippen molar-refractivity contribution in [3.8, 4) is 0 Å². The molecule has 0 aliphatic heterocycles. The molecular weight excluding hydrogens is 256 g/mol. The molecule has 0 aromatic heterocycles. The van der Waals surface area contributed by atoms with E-state index >= 15 is 0 Å². The van der Waals surface area contributed by atoms with Crippen molar-refractivity contribution in [2.45, 2.75) is 19.8 Å². The van der Waals surface area contributed by atoms with Crippen molar-refractivity contribution in [2.75, 3.05) is 12.3 Å². The summed E-state index contributed by atoms with van der Waals surface area (Å²) in [7, 11) is 0. The second-order valence-electron chi connectivity index (χ2n) is 4.62. The van der Waals surface area contributed by atoms with Crippen LogP contribution in [0.15, 0.2) is 30.3 Å². The van der Waals surface area contributed by atoms with Gasteiger partial charge in [0.1, 0.15) is 0 Å². The lowest BCUT2D eigenvalue weighted by molar-refractivity contribution is -0.138. The van der Waals surface area contributed by atoms with Gasteiger partial charge in [-0.3, -0.25) is 9.59 Å². The maximum atomic E-state index is 11.6. The molecule has 5 nitrogen and oxygen atoms in total. The third-order valence-electron chi connectivity index (χ3n) is 2.94. The molecule has 0 bridgehead atoms. The second-order valence-corrected chi connectivity index (χ2v) is 4.62. The first kappa shape index (κ1) is 15.8.